The van der Waals surface area contributed by atoms with Gasteiger partial charge in [-0.3, -0.25) is 14.6 Å². The molecule has 0 aliphatic carbocycles. The third kappa shape index (κ3) is 3.33. The lowest BCUT2D eigenvalue weighted by atomic mass is 9.99. The summed E-state index contributed by atoms with van der Waals surface area (Å²) < 4.78 is 0. The van der Waals surface area contributed by atoms with Gasteiger partial charge in [0, 0.05) is 32.0 Å². The van der Waals surface area contributed by atoms with Gasteiger partial charge >= 0.3 is 0 Å². The predicted octanol–water partition coefficient (Wildman–Crippen LogP) is 1.57. The van der Waals surface area contributed by atoms with Crippen LogP contribution in [0.2, 0.25) is 0 Å². The van der Waals surface area contributed by atoms with Crippen LogP contribution in [0.4, 0.5) is 0 Å². The van der Waals surface area contributed by atoms with E-state index in [4.69, 9.17) is 0 Å². The highest BCUT2D eigenvalue weighted by Crippen LogP contribution is 2.21. The normalized spacial score (nSPS) is 14.5. The molecular weight excluding hydrogens is 298 g/mol. The second kappa shape index (κ2) is 6.70. The van der Waals surface area contributed by atoms with E-state index in [0.29, 0.717) is 19.6 Å². The van der Waals surface area contributed by atoms with Gasteiger partial charge in [0.2, 0.25) is 5.91 Å². The lowest BCUT2D eigenvalue weighted by Gasteiger charge is -2.37. The Hall–Kier alpha value is -2.21. The molecule has 2 aromatic rings. The molecule has 1 saturated heterocycles. The van der Waals surface area contributed by atoms with Crippen molar-refractivity contribution >= 4 is 23.2 Å². The van der Waals surface area contributed by atoms with Crippen molar-refractivity contribution in [1.29, 1.82) is 0 Å². The number of aromatic nitrogens is 1. The van der Waals surface area contributed by atoms with Gasteiger partial charge in [0.1, 0.15) is 0 Å². The van der Waals surface area contributed by atoms with Gasteiger partial charge < -0.3 is 10.2 Å². The fraction of sp³-hybridized carbons (Fsp3) is 0.312. The molecule has 3 heterocycles. The summed E-state index contributed by atoms with van der Waals surface area (Å²) in [5.74, 6) is -0.0264. The van der Waals surface area contributed by atoms with Crippen molar-refractivity contribution in [1.82, 2.24) is 15.2 Å². The highest BCUT2D eigenvalue weighted by Gasteiger charge is 2.36. The summed E-state index contributed by atoms with van der Waals surface area (Å²) in [6.45, 7) is 1.63. The summed E-state index contributed by atoms with van der Waals surface area (Å²) in [6.07, 6.45) is 4.28. The smallest absolute Gasteiger partial charge is 0.263 e. The zero-order valence-electron chi connectivity index (χ0n) is 12.1. The van der Waals surface area contributed by atoms with Gasteiger partial charge in [-0.05, 0) is 35.6 Å². The minimum atomic E-state index is -0.0821. The number of hydrogen-bond acceptors (Lipinski definition) is 4. The van der Waals surface area contributed by atoms with Crippen LogP contribution in [0.25, 0.3) is 0 Å². The molecule has 1 aliphatic rings. The van der Waals surface area contributed by atoms with E-state index >= 15 is 0 Å². The number of rotatable bonds is 5. The van der Waals surface area contributed by atoms with E-state index < -0.39 is 0 Å². The second-order valence-electron chi connectivity index (χ2n) is 5.28. The summed E-state index contributed by atoms with van der Waals surface area (Å²) in [5, 5.41) is 4.82. The zero-order valence-corrected chi connectivity index (χ0v) is 12.9. The maximum absolute atomic E-state index is 12.1. The van der Waals surface area contributed by atoms with Crippen molar-refractivity contribution in [3.8, 4) is 0 Å². The highest BCUT2D eigenvalue weighted by molar-refractivity contribution is 7.12. The zero-order chi connectivity index (χ0) is 15.4. The summed E-state index contributed by atoms with van der Waals surface area (Å²) in [7, 11) is 0. The molecule has 0 saturated carbocycles. The summed E-state index contributed by atoms with van der Waals surface area (Å²) in [6, 6.07) is 7.56. The molecule has 0 spiro atoms. The number of nitrogens with zero attached hydrogens (tertiary/aromatic N) is 2. The molecule has 1 fully saturated rings. The third-order valence-corrected chi connectivity index (χ3v) is 4.59. The minimum absolute atomic E-state index is 0.0239. The van der Waals surface area contributed by atoms with Gasteiger partial charge in [-0.25, -0.2) is 0 Å². The Balaban J connectivity index is 1.39. The Kier molecular flexibility index (Phi) is 4.48. The maximum Gasteiger partial charge on any atom is 0.263 e. The fourth-order valence-corrected chi connectivity index (χ4v) is 3.08. The summed E-state index contributed by atoms with van der Waals surface area (Å²) in [5.41, 5.74) is 1.15. The largest absolute Gasteiger partial charge is 0.355 e. The van der Waals surface area contributed by atoms with Crippen LogP contribution in [0.15, 0.2) is 42.0 Å². The standard InChI is InChI=1S/C16H17N3O2S/c20-15(18-8-5-12-3-6-17-7-4-12)13-10-19(11-13)16(21)14-2-1-9-22-14/h1-4,6-7,9,13H,5,8,10-11H2,(H,18,20). The van der Waals surface area contributed by atoms with Gasteiger partial charge in [-0.15, -0.1) is 11.3 Å². The van der Waals surface area contributed by atoms with Crippen molar-refractivity contribution in [2.24, 2.45) is 5.92 Å². The number of carbonyl (C=O) groups excluding carboxylic acids is 2. The van der Waals surface area contributed by atoms with Gasteiger partial charge in [0.15, 0.2) is 0 Å². The van der Waals surface area contributed by atoms with Crippen molar-refractivity contribution in [3.05, 3.63) is 52.5 Å². The average Bonchev–Trinajstić information content (AvgIpc) is 3.01. The molecular formula is C16H17N3O2S. The molecule has 5 nitrogen and oxygen atoms in total. The minimum Gasteiger partial charge on any atom is -0.355 e. The Bertz CT molecular complexity index is 637. The molecule has 114 valence electrons. The SMILES string of the molecule is O=C(NCCc1ccncc1)C1CN(C(=O)c2cccs2)C1. The Labute approximate surface area is 133 Å². The van der Waals surface area contributed by atoms with E-state index in [-0.39, 0.29) is 17.7 Å². The molecule has 0 radical (unpaired) electrons. The Morgan fingerprint density at radius 3 is 2.73 bits per heavy atom. The predicted molar refractivity (Wildman–Crippen MR) is 84.7 cm³/mol. The van der Waals surface area contributed by atoms with E-state index in [1.165, 1.54) is 11.3 Å². The van der Waals surface area contributed by atoms with Gasteiger partial charge in [0.05, 0.1) is 10.8 Å². The van der Waals surface area contributed by atoms with Crippen LogP contribution in [0.5, 0.6) is 0 Å². The van der Waals surface area contributed by atoms with Crippen LogP contribution in [0.1, 0.15) is 15.2 Å². The van der Waals surface area contributed by atoms with Crippen molar-refractivity contribution in [2.45, 2.75) is 6.42 Å². The lowest BCUT2D eigenvalue weighted by molar-refractivity contribution is -0.128. The highest BCUT2D eigenvalue weighted by atomic mass is 32.1. The number of pyridine rings is 1. The molecule has 0 aromatic carbocycles. The average molecular weight is 315 g/mol. The van der Waals surface area contributed by atoms with Crippen molar-refractivity contribution in [3.63, 3.8) is 0 Å². The topological polar surface area (TPSA) is 62.3 Å². The first-order chi connectivity index (χ1) is 10.7. The lowest BCUT2D eigenvalue weighted by Crippen LogP contribution is -2.55. The van der Waals surface area contributed by atoms with E-state index in [0.717, 1.165) is 16.9 Å². The monoisotopic (exact) mass is 315 g/mol. The molecule has 2 aromatic heterocycles. The number of likely N-dealkylation sites (tertiary alicyclic amines) is 1. The number of nitrogens with one attached hydrogen (secondary N) is 1. The van der Waals surface area contributed by atoms with Crippen molar-refractivity contribution in [2.75, 3.05) is 19.6 Å². The van der Waals surface area contributed by atoms with E-state index in [9.17, 15) is 9.59 Å². The second-order valence-corrected chi connectivity index (χ2v) is 6.23. The van der Waals surface area contributed by atoms with E-state index in [2.05, 4.69) is 10.3 Å². The maximum atomic E-state index is 12.1. The number of amides is 2. The summed E-state index contributed by atoms with van der Waals surface area (Å²) in [4.78, 5) is 30.5. The van der Waals surface area contributed by atoms with Crippen LogP contribution in [0, 0.1) is 5.92 Å². The Morgan fingerprint density at radius 1 is 1.27 bits per heavy atom. The molecule has 0 atom stereocenters. The summed E-state index contributed by atoms with van der Waals surface area (Å²) >= 11 is 1.43. The molecule has 6 heteroatoms. The van der Waals surface area contributed by atoms with Gasteiger partial charge in [-0.1, -0.05) is 6.07 Å². The number of hydrogen-bond donors (Lipinski definition) is 1. The first-order valence-electron chi connectivity index (χ1n) is 7.23. The van der Waals surface area contributed by atoms with Crippen LogP contribution in [-0.4, -0.2) is 41.3 Å². The van der Waals surface area contributed by atoms with Crippen LogP contribution >= 0.6 is 11.3 Å². The molecule has 1 aliphatic heterocycles. The van der Waals surface area contributed by atoms with E-state index in [1.54, 1.807) is 17.3 Å². The Morgan fingerprint density at radius 2 is 2.05 bits per heavy atom. The third-order valence-electron chi connectivity index (χ3n) is 3.73. The molecule has 0 unspecified atom stereocenters. The van der Waals surface area contributed by atoms with Crippen LogP contribution in [0.3, 0.4) is 0 Å². The van der Waals surface area contributed by atoms with Crippen LogP contribution < -0.4 is 5.32 Å². The van der Waals surface area contributed by atoms with Gasteiger partial charge in [0.25, 0.3) is 5.91 Å². The number of carbonyl (C=O) groups is 2. The van der Waals surface area contributed by atoms with Crippen molar-refractivity contribution < 1.29 is 9.59 Å². The first kappa shape index (κ1) is 14.7. The molecule has 1 N–H and O–H groups in total. The molecule has 22 heavy (non-hydrogen) atoms. The van der Waals surface area contributed by atoms with Crippen LogP contribution in [-0.2, 0) is 11.2 Å². The molecule has 0 bridgehead atoms. The first-order valence-corrected chi connectivity index (χ1v) is 8.11. The quantitative estimate of drug-likeness (QED) is 0.911. The molecule has 3 rings (SSSR count). The fourth-order valence-electron chi connectivity index (χ4n) is 2.39. The van der Waals surface area contributed by atoms with Gasteiger partial charge in [-0.2, -0.15) is 0 Å². The number of thiophene rings is 1. The molecule has 2 amide bonds. The van der Waals surface area contributed by atoms with E-state index in [1.807, 2.05) is 29.6 Å².